The third-order valence-corrected chi connectivity index (χ3v) is 4.24. The summed E-state index contributed by atoms with van der Waals surface area (Å²) in [5, 5.41) is 0. The van der Waals surface area contributed by atoms with Crippen LogP contribution in [-0.4, -0.2) is 9.97 Å². The lowest BCUT2D eigenvalue weighted by Gasteiger charge is -2.04. The smallest absolute Gasteiger partial charge is 0.138 e. The van der Waals surface area contributed by atoms with Gasteiger partial charge in [0.15, 0.2) is 0 Å². The van der Waals surface area contributed by atoms with Gasteiger partial charge in [0.1, 0.15) is 10.5 Å². The fraction of sp³-hybridized carbons (Fsp3) is 0.0909. The molecule has 0 fully saturated rings. The van der Waals surface area contributed by atoms with Gasteiger partial charge in [0, 0.05) is 16.2 Å². The molecule has 0 aliphatic rings. The average molecular weight is 360 g/mol. The molecule has 0 unspecified atom stereocenters. The molecule has 5 heteroatoms. The molecule has 0 saturated carbocycles. The predicted octanol–water partition coefficient (Wildman–Crippen LogP) is 4.64. The van der Waals surface area contributed by atoms with Crippen molar-refractivity contribution in [2.45, 2.75) is 6.92 Å². The number of hydrogen-bond acceptors (Lipinski definition) is 2. The molecule has 0 spiro atoms. The Bertz CT molecular complexity index is 593. The maximum Gasteiger partial charge on any atom is 0.138 e. The van der Waals surface area contributed by atoms with Crippen molar-refractivity contribution in [3.8, 4) is 11.4 Å². The predicted molar refractivity (Wildman–Crippen MR) is 75.0 cm³/mol. The molecule has 0 bridgehead atoms. The second-order valence-electron chi connectivity index (χ2n) is 3.37. The molecule has 2 nitrogen and oxygen atoms in total. The number of aryl methyl sites for hydroxylation is 1. The highest BCUT2D eigenvalue weighted by Gasteiger charge is 2.03. The first kappa shape index (κ1) is 12.0. The molecule has 1 aromatic carbocycles. The van der Waals surface area contributed by atoms with E-state index in [1.165, 1.54) is 5.56 Å². The van der Waals surface area contributed by atoms with E-state index in [9.17, 15) is 0 Å². The zero-order valence-electron chi connectivity index (χ0n) is 8.42. The standard InChI is InChI=1S/C11H8Br2N2S/c1-6-2-3-7(4-8(6)12)10-14-5-9(13)11(16)15-10/h2-5H,1H3,(H,14,15,16). The summed E-state index contributed by atoms with van der Waals surface area (Å²) in [5.41, 5.74) is 2.20. The Kier molecular flexibility index (Phi) is 3.56. The Balaban J connectivity index is 2.55. The van der Waals surface area contributed by atoms with Crippen molar-refractivity contribution < 1.29 is 0 Å². The van der Waals surface area contributed by atoms with E-state index in [1.54, 1.807) is 6.20 Å². The highest BCUT2D eigenvalue weighted by molar-refractivity contribution is 9.10. The largest absolute Gasteiger partial charge is 0.330 e. The topological polar surface area (TPSA) is 28.7 Å². The van der Waals surface area contributed by atoms with Gasteiger partial charge in [0.2, 0.25) is 0 Å². The third kappa shape index (κ3) is 2.42. The molecule has 2 rings (SSSR count). The maximum atomic E-state index is 5.15. The molecule has 0 aliphatic carbocycles. The summed E-state index contributed by atoms with van der Waals surface area (Å²) in [5.74, 6) is 0.772. The molecular weight excluding hydrogens is 352 g/mol. The van der Waals surface area contributed by atoms with Crippen molar-refractivity contribution in [3.63, 3.8) is 0 Å². The third-order valence-electron chi connectivity index (χ3n) is 2.20. The summed E-state index contributed by atoms with van der Waals surface area (Å²) < 4.78 is 2.52. The van der Waals surface area contributed by atoms with Crippen LogP contribution in [0.5, 0.6) is 0 Å². The summed E-state index contributed by atoms with van der Waals surface area (Å²) in [6.45, 7) is 2.05. The summed E-state index contributed by atoms with van der Waals surface area (Å²) in [7, 11) is 0. The van der Waals surface area contributed by atoms with E-state index in [0.29, 0.717) is 4.64 Å². The van der Waals surface area contributed by atoms with E-state index < -0.39 is 0 Å². The quantitative estimate of drug-likeness (QED) is 0.751. The summed E-state index contributed by atoms with van der Waals surface area (Å²) in [6.07, 6.45) is 1.71. The molecular formula is C11H8Br2N2S. The summed E-state index contributed by atoms with van der Waals surface area (Å²) >= 11 is 12.0. The molecule has 82 valence electrons. The molecule has 0 amide bonds. The highest BCUT2D eigenvalue weighted by Crippen LogP contribution is 2.23. The lowest BCUT2D eigenvalue weighted by Crippen LogP contribution is -1.90. The van der Waals surface area contributed by atoms with E-state index in [4.69, 9.17) is 12.2 Å². The van der Waals surface area contributed by atoms with Gasteiger partial charge in [-0.05, 0) is 34.5 Å². The Morgan fingerprint density at radius 3 is 2.62 bits per heavy atom. The van der Waals surface area contributed by atoms with Gasteiger partial charge in [-0.25, -0.2) is 4.98 Å². The van der Waals surface area contributed by atoms with Crippen LogP contribution in [0.25, 0.3) is 11.4 Å². The molecule has 0 radical (unpaired) electrons. The van der Waals surface area contributed by atoms with Crippen molar-refractivity contribution >= 4 is 44.1 Å². The molecule has 0 saturated heterocycles. The zero-order chi connectivity index (χ0) is 11.7. The molecule has 1 N–H and O–H groups in total. The molecule has 1 heterocycles. The average Bonchev–Trinajstić information content (AvgIpc) is 2.26. The van der Waals surface area contributed by atoms with E-state index in [0.717, 1.165) is 20.3 Å². The first-order chi connectivity index (χ1) is 7.58. The Hall–Kier alpha value is -0.520. The van der Waals surface area contributed by atoms with Gasteiger partial charge >= 0.3 is 0 Å². The zero-order valence-corrected chi connectivity index (χ0v) is 12.4. The van der Waals surface area contributed by atoms with Gasteiger partial charge in [-0.2, -0.15) is 0 Å². The number of rotatable bonds is 1. The van der Waals surface area contributed by atoms with Crippen molar-refractivity contribution in [1.29, 1.82) is 0 Å². The van der Waals surface area contributed by atoms with Crippen LogP contribution in [0.3, 0.4) is 0 Å². The molecule has 2 aromatic rings. The minimum Gasteiger partial charge on any atom is -0.330 e. The fourth-order valence-electron chi connectivity index (χ4n) is 1.27. The highest BCUT2D eigenvalue weighted by atomic mass is 79.9. The van der Waals surface area contributed by atoms with Gasteiger partial charge in [0.25, 0.3) is 0 Å². The Morgan fingerprint density at radius 2 is 2.00 bits per heavy atom. The minimum atomic E-state index is 0.654. The number of hydrogen-bond donors (Lipinski definition) is 1. The Morgan fingerprint density at radius 1 is 1.25 bits per heavy atom. The van der Waals surface area contributed by atoms with Crippen LogP contribution in [-0.2, 0) is 0 Å². The van der Waals surface area contributed by atoms with E-state index in [1.807, 2.05) is 25.1 Å². The second kappa shape index (κ2) is 4.77. The van der Waals surface area contributed by atoms with Gasteiger partial charge in [-0.15, -0.1) is 0 Å². The molecule has 0 aliphatic heterocycles. The van der Waals surface area contributed by atoms with Crippen molar-refractivity contribution in [2.75, 3.05) is 0 Å². The number of benzene rings is 1. The molecule has 0 atom stereocenters. The van der Waals surface area contributed by atoms with Gasteiger partial charge < -0.3 is 4.98 Å². The second-order valence-corrected chi connectivity index (χ2v) is 5.49. The number of H-pyrrole nitrogens is 1. The maximum absolute atomic E-state index is 5.15. The van der Waals surface area contributed by atoms with Crippen molar-refractivity contribution in [1.82, 2.24) is 9.97 Å². The van der Waals surface area contributed by atoms with Crippen LogP contribution in [0.4, 0.5) is 0 Å². The molecule has 16 heavy (non-hydrogen) atoms. The van der Waals surface area contributed by atoms with E-state index >= 15 is 0 Å². The van der Waals surface area contributed by atoms with Gasteiger partial charge in [-0.1, -0.05) is 40.3 Å². The van der Waals surface area contributed by atoms with Gasteiger partial charge in [-0.3, -0.25) is 0 Å². The minimum absolute atomic E-state index is 0.654. The first-order valence-corrected chi connectivity index (χ1v) is 6.58. The van der Waals surface area contributed by atoms with Crippen LogP contribution >= 0.6 is 44.1 Å². The van der Waals surface area contributed by atoms with E-state index in [2.05, 4.69) is 41.8 Å². The number of halogens is 2. The van der Waals surface area contributed by atoms with Gasteiger partial charge in [0.05, 0.1) is 4.47 Å². The normalized spacial score (nSPS) is 10.4. The number of nitrogens with zero attached hydrogens (tertiary/aromatic N) is 1. The Labute approximate surface area is 115 Å². The monoisotopic (exact) mass is 358 g/mol. The van der Waals surface area contributed by atoms with Crippen LogP contribution in [0.1, 0.15) is 5.56 Å². The first-order valence-electron chi connectivity index (χ1n) is 4.59. The molecule has 1 aromatic heterocycles. The SMILES string of the molecule is Cc1ccc(-c2ncc(Br)c(=S)[nH]2)cc1Br. The van der Waals surface area contributed by atoms with Crippen molar-refractivity contribution in [3.05, 3.63) is 43.5 Å². The summed E-state index contributed by atoms with van der Waals surface area (Å²) in [6, 6.07) is 6.08. The lowest BCUT2D eigenvalue weighted by atomic mass is 10.1. The van der Waals surface area contributed by atoms with Crippen LogP contribution < -0.4 is 0 Å². The fourth-order valence-corrected chi connectivity index (χ4v) is 2.00. The van der Waals surface area contributed by atoms with Crippen LogP contribution in [0, 0.1) is 11.6 Å². The number of aromatic amines is 1. The summed E-state index contributed by atoms with van der Waals surface area (Å²) in [4.78, 5) is 7.36. The van der Waals surface area contributed by atoms with Crippen LogP contribution in [0.2, 0.25) is 0 Å². The van der Waals surface area contributed by atoms with Crippen molar-refractivity contribution in [2.24, 2.45) is 0 Å². The van der Waals surface area contributed by atoms with Crippen LogP contribution in [0.15, 0.2) is 33.3 Å². The number of nitrogens with one attached hydrogen (secondary N) is 1. The lowest BCUT2D eigenvalue weighted by molar-refractivity contribution is 1.14. The number of aromatic nitrogens is 2. The van der Waals surface area contributed by atoms with E-state index in [-0.39, 0.29) is 0 Å².